The molecule has 2 N–H and O–H groups in total. The van der Waals surface area contributed by atoms with Crippen LogP contribution in [0.15, 0.2) is 71.5 Å². The standard InChI is InChI=1S/C29H28F2N4O3/c1-20(36)28-32-13-15-35(28)18-25-16-26(38-33-25)24-10-8-22(9-11-24)3-2-21-4-6-23(7-5-21)17-34-14-12-27(37)29(30,31)19-34/h4-11,13,15-16,20,27,36-37H,12,14,17-19H2,1H3/t20-,27?/m0/s1. The van der Waals surface area contributed by atoms with Crippen molar-refractivity contribution in [3.8, 4) is 23.2 Å². The summed E-state index contributed by atoms with van der Waals surface area (Å²) in [6.45, 7) is 2.53. The molecular weight excluding hydrogens is 490 g/mol. The van der Waals surface area contributed by atoms with E-state index in [1.165, 1.54) is 0 Å². The number of imidazole rings is 1. The van der Waals surface area contributed by atoms with Gasteiger partial charge in [0.15, 0.2) is 5.76 Å². The maximum Gasteiger partial charge on any atom is 0.285 e. The topological polar surface area (TPSA) is 87.6 Å². The fraction of sp³-hybridized carbons (Fsp3) is 0.310. The van der Waals surface area contributed by atoms with Crippen molar-refractivity contribution in [3.63, 3.8) is 0 Å². The molecule has 0 spiro atoms. The Morgan fingerprint density at radius 3 is 2.42 bits per heavy atom. The fourth-order valence-corrected chi connectivity index (χ4v) is 4.47. The van der Waals surface area contributed by atoms with Crippen LogP contribution >= 0.6 is 0 Å². The molecule has 2 aromatic heterocycles. The van der Waals surface area contributed by atoms with Crippen LogP contribution in [-0.4, -0.2) is 54.9 Å². The van der Waals surface area contributed by atoms with Crippen LogP contribution in [0.1, 0.15) is 47.7 Å². The molecule has 1 unspecified atom stereocenters. The van der Waals surface area contributed by atoms with Crippen molar-refractivity contribution in [3.05, 3.63) is 95.2 Å². The monoisotopic (exact) mass is 518 g/mol. The second kappa shape index (κ2) is 10.9. The van der Waals surface area contributed by atoms with E-state index in [0.717, 1.165) is 27.9 Å². The summed E-state index contributed by atoms with van der Waals surface area (Å²) in [5, 5.41) is 23.4. The molecule has 38 heavy (non-hydrogen) atoms. The highest BCUT2D eigenvalue weighted by atomic mass is 19.3. The highest BCUT2D eigenvalue weighted by Gasteiger charge is 2.43. The van der Waals surface area contributed by atoms with Gasteiger partial charge in [0, 0.05) is 48.2 Å². The summed E-state index contributed by atoms with van der Waals surface area (Å²) >= 11 is 0. The lowest BCUT2D eigenvalue weighted by atomic mass is 10.0. The summed E-state index contributed by atoms with van der Waals surface area (Å²) in [6.07, 6.45) is 1.27. The summed E-state index contributed by atoms with van der Waals surface area (Å²) in [7, 11) is 0. The summed E-state index contributed by atoms with van der Waals surface area (Å²) in [5.74, 6) is 4.40. The van der Waals surface area contributed by atoms with Crippen LogP contribution in [-0.2, 0) is 13.1 Å². The van der Waals surface area contributed by atoms with Crippen LogP contribution in [0.3, 0.4) is 0 Å². The van der Waals surface area contributed by atoms with E-state index in [-0.39, 0.29) is 6.42 Å². The van der Waals surface area contributed by atoms with Crippen LogP contribution in [0.5, 0.6) is 0 Å². The van der Waals surface area contributed by atoms with Crippen molar-refractivity contribution >= 4 is 0 Å². The van der Waals surface area contributed by atoms with Crippen LogP contribution in [0.2, 0.25) is 0 Å². The van der Waals surface area contributed by atoms with Gasteiger partial charge in [-0.2, -0.15) is 0 Å². The van der Waals surface area contributed by atoms with E-state index in [4.69, 9.17) is 4.52 Å². The van der Waals surface area contributed by atoms with Crippen molar-refractivity contribution in [2.24, 2.45) is 0 Å². The number of aromatic nitrogens is 3. The molecule has 0 aliphatic carbocycles. The van der Waals surface area contributed by atoms with Gasteiger partial charge in [0.05, 0.1) is 13.1 Å². The fourth-order valence-electron chi connectivity index (χ4n) is 4.47. The van der Waals surface area contributed by atoms with Gasteiger partial charge in [-0.3, -0.25) is 4.90 Å². The van der Waals surface area contributed by atoms with Crippen molar-refractivity contribution < 1.29 is 23.5 Å². The zero-order chi connectivity index (χ0) is 26.7. The number of hydrogen-bond donors (Lipinski definition) is 2. The summed E-state index contributed by atoms with van der Waals surface area (Å²) in [6, 6.07) is 17.1. The highest BCUT2D eigenvalue weighted by molar-refractivity contribution is 5.59. The van der Waals surface area contributed by atoms with Crippen LogP contribution in [0.4, 0.5) is 8.78 Å². The molecule has 0 bridgehead atoms. The Labute approximate surface area is 219 Å². The number of benzene rings is 2. The third-order valence-electron chi connectivity index (χ3n) is 6.53. The van der Waals surface area contributed by atoms with Crippen LogP contribution in [0.25, 0.3) is 11.3 Å². The summed E-state index contributed by atoms with van der Waals surface area (Å²) < 4.78 is 34.9. The molecule has 9 heteroatoms. The number of alkyl halides is 2. The average molecular weight is 519 g/mol. The first-order valence-corrected chi connectivity index (χ1v) is 12.4. The lowest BCUT2D eigenvalue weighted by Crippen LogP contribution is -2.51. The number of piperidine rings is 1. The molecule has 0 amide bonds. The molecule has 3 heterocycles. The third-order valence-corrected chi connectivity index (χ3v) is 6.53. The van der Waals surface area contributed by atoms with Gasteiger partial charge in [0.25, 0.3) is 5.92 Å². The van der Waals surface area contributed by atoms with Crippen LogP contribution in [0, 0.1) is 11.8 Å². The van der Waals surface area contributed by atoms with E-state index >= 15 is 0 Å². The molecule has 1 aliphatic rings. The molecule has 7 nitrogen and oxygen atoms in total. The smallest absolute Gasteiger partial charge is 0.285 e. The largest absolute Gasteiger partial charge is 0.387 e. The lowest BCUT2D eigenvalue weighted by Gasteiger charge is -2.35. The van der Waals surface area contributed by atoms with Gasteiger partial charge in [0.1, 0.15) is 23.7 Å². The van der Waals surface area contributed by atoms with Crippen LogP contribution < -0.4 is 0 Å². The molecule has 196 valence electrons. The quantitative estimate of drug-likeness (QED) is 0.372. The van der Waals surface area contributed by atoms with Gasteiger partial charge in [-0.25, -0.2) is 13.8 Å². The third kappa shape index (κ3) is 6.00. The Balaban J connectivity index is 1.19. The number of halogens is 2. The van der Waals surface area contributed by atoms with E-state index in [2.05, 4.69) is 22.0 Å². The molecule has 1 saturated heterocycles. The molecule has 4 aromatic rings. The Kier molecular flexibility index (Phi) is 7.38. The number of nitrogens with zero attached hydrogens (tertiary/aromatic N) is 4. The van der Waals surface area contributed by atoms with Gasteiger partial charge in [-0.1, -0.05) is 29.1 Å². The molecule has 0 saturated carbocycles. The zero-order valence-electron chi connectivity index (χ0n) is 20.9. The van der Waals surface area contributed by atoms with Gasteiger partial charge in [-0.05, 0) is 55.3 Å². The number of aliphatic hydroxyl groups is 2. The van der Waals surface area contributed by atoms with Gasteiger partial charge >= 0.3 is 0 Å². The maximum absolute atomic E-state index is 13.8. The normalized spacial score (nSPS) is 18.1. The number of likely N-dealkylation sites (tertiary alicyclic amines) is 1. The molecule has 5 rings (SSSR count). The Bertz CT molecular complexity index is 1430. The van der Waals surface area contributed by atoms with Gasteiger partial charge < -0.3 is 19.3 Å². The number of hydrogen-bond acceptors (Lipinski definition) is 6. The van der Waals surface area contributed by atoms with E-state index in [9.17, 15) is 19.0 Å². The van der Waals surface area contributed by atoms with Crippen molar-refractivity contribution in [2.45, 2.75) is 44.6 Å². The Morgan fingerprint density at radius 2 is 1.76 bits per heavy atom. The second-order valence-electron chi connectivity index (χ2n) is 9.57. The molecule has 2 aromatic carbocycles. The first-order valence-electron chi connectivity index (χ1n) is 12.4. The molecule has 1 aliphatic heterocycles. The van der Waals surface area contributed by atoms with Gasteiger partial charge in [-0.15, -0.1) is 0 Å². The van der Waals surface area contributed by atoms with Gasteiger partial charge in [0.2, 0.25) is 0 Å². The molecule has 1 fully saturated rings. The van der Waals surface area contributed by atoms with Crippen molar-refractivity contribution in [1.29, 1.82) is 0 Å². The highest BCUT2D eigenvalue weighted by Crippen LogP contribution is 2.28. The Morgan fingerprint density at radius 1 is 1.08 bits per heavy atom. The second-order valence-corrected chi connectivity index (χ2v) is 9.57. The minimum absolute atomic E-state index is 0.0727. The van der Waals surface area contributed by atoms with E-state index in [1.54, 1.807) is 24.2 Å². The SMILES string of the molecule is C[C@H](O)c1nccn1Cc1cc(-c2ccc(C#Cc3ccc(CN4CCC(O)C(F)(F)C4)cc3)cc2)on1. The number of rotatable bonds is 6. The summed E-state index contributed by atoms with van der Waals surface area (Å²) in [4.78, 5) is 5.83. The van der Waals surface area contributed by atoms with Crippen molar-refractivity contribution in [2.75, 3.05) is 13.1 Å². The van der Waals surface area contributed by atoms with E-state index < -0.39 is 24.7 Å². The Hall–Kier alpha value is -3.84. The first kappa shape index (κ1) is 25.8. The predicted octanol–water partition coefficient (Wildman–Crippen LogP) is 4.24. The minimum atomic E-state index is -3.07. The lowest BCUT2D eigenvalue weighted by molar-refractivity contribution is -0.151. The molecular formula is C29H28F2N4O3. The predicted molar refractivity (Wildman–Crippen MR) is 137 cm³/mol. The molecule has 2 atom stereocenters. The zero-order valence-corrected chi connectivity index (χ0v) is 20.9. The van der Waals surface area contributed by atoms with Crippen molar-refractivity contribution in [1.82, 2.24) is 19.6 Å². The minimum Gasteiger partial charge on any atom is -0.387 e. The molecule has 0 radical (unpaired) electrons. The average Bonchev–Trinajstić information content (AvgIpc) is 3.56. The number of aliphatic hydroxyl groups excluding tert-OH is 2. The summed E-state index contributed by atoms with van der Waals surface area (Å²) in [5.41, 5.74) is 4.18. The van der Waals surface area contributed by atoms with E-state index in [0.29, 0.717) is 31.2 Å². The first-order chi connectivity index (χ1) is 18.3. The van der Waals surface area contributed by atoms with E-state index in [1.807, 2.05) is 59.2 Å². The maximum atomic E-state index is 13.8.